The molecule has 3 nitrogen and oxygen atoms in total. The van der Waals surface area contributed by atoms with E-state index in [2.05, 4.69) is 152 Å². The van der Waals surface area contributed by atoms with Gasteiger partial charge in [-0.2, -0.15) is 0 Å². The average Bonchev–Trinajstić information content (AvgIpc) is 3.57. The molecule has 8 aromatic rings. The maximum Gasteiger partial charge on any atom is 0.164 e. The van der Waals surface area contributed by atoms with E-state index in [1.165, 1.54) is 31.7 Å². The van der Waals surface area contributed by atoms with E-state index in [-0.39, 0.29) is 0 Å². The molecule has 45 heavy (non-hydrogen) atoms. The molecule has 0 saturated carbocycles. The first-order chi connectivity index (χ1) is 22.3. The van der Waals surface area contributed by atoms with Crippen molar-refractivity contribution in [2.75, 3.05) is 0 Å². The fourth-order valence-corrected chi connectivity index (χ4v) is 6.62. The highest BCUT2D eigenvalue weighted by Crippen LogP contribution is 2.35. The molecule has 0 radical (unpaired) electrons. The van der Waals surface area contributed by atoms with Gasteiger partial charge in [-0.3, -0.25) is 0 Å². The van der Waals surface area contributed by atoms with Crippen LogP contribution in [0.3, 0.4) is 0 Å². The highest BCUT2D eigenvalue weighted by Gasteiger charge is 2.14. The summed E-state index contributed by atoms with van der Waals surface area (Å²) < 4.78 is 1.29. The van der Waals surface area contributed by atoms with Gasteiger partial charge in [0.1, 0.15) is 0 Å². The summed E-state index contributed by atoms with van der Waals surface area (Å²) >= 11 is 1.81. The molecular weight excluding hydrogens is 567 g/mol. The zero-order valence-electron chi connectivity index (χ0n) is 24.3. The zero-order valence-corrected chi connectivity index (χ0v) is 25.2. The Labute approximate surface area is 266 Å². The fraction of sp³-hybridized carbons (Fsp3) is 0. The molecule has 0 bridgehead atoms. The number of fused-ring (bicyclic) bond motifs is 1. The molecule has 0 N–H and O–H groups in total. The van der Waals surface area contributed by atoms with Crippen molar-refractivity contribution in [1.29, 1.82) is 0 Å². The van der Waals surface area contributed by atoms with Gasteiger partial charge in [-0.15, -0.1) is 11.3 Å². The van der Waals surface area contributed by atoms with Gasteiger partial charge in [-0.05, 0) is 45.3 Å². The Morgan fingerprint density at radius 1 is 0.311 bits per heavy atom. The zero-order chi connectivity index (χ0) is 30.0. The quantitative estimate of drug-likeness (QED) is 0.192. The van der Waals surface area contributed by atoms with Gasteiger partial charge in [-0.25, -0.2) is 15.0 Å². The Hall–Kier alpha value is -5.71. The first-order valence-corrected chi connectivity index (χ1v) is 15.8. The number of nitrogens with zero attached hydrogens (tertiary/aromatic N) is 3. The van der Waals surface area contributed by atoms with Gasteiger partial charge < -0.3 is 0 Å². The standard InChI is InChI=1S/C41H27N3S/c1-3-9-28(10-4-1)30-15-21-33(22-16-30)39-42-40(34-23-17-31(18-24-34)29-11-5-2-6-12-29)44-41(43-39)35-25-19-32(20-26-35)38-27-36-13-7-8-14-37(36)45-38/h1-27H. The molecule has 0 fully saturated rings. The molecule has 212 valence electrons. The topological polar surface area (TPSA) is 38.7 Å². The molecule has 2 aromatic heterocycles. The van der Waals surface area contributed by atoms with Crippen LogP contribution in [0.25, 0.3) is 76.9 Å². The Morgan fingerprint density at radius 3 is 1.11 bits per heavy atom. The van der Waals surface area contributed by atoms with Gasteiger partial charge in [0, 0.05) is 26.3 Å². The summed E-state index contributed by atoms with van der Waals surface area (Å²) in [6.07, 6.45) is 0. The molecule has 0 aliphatic rings. The lowest BCUT2D eigenvalue weighted by Gasteiger charge is -2.10. The largest absolute Gasteiger partial charge is 0.208 e. The van der Waals surface area contributed by atoms with Crippen molar-refractivity contribution in [3.8, 4) is 66.9 Å². The molecule has 0 amide bonds. The summed E-state index contributed by atoms with van der Waals surface area (Å²) in [6.45, 7) is 0. The number of rotatable bonds is 6. The van der Waals surface area contributed by atoms with E-state index in [0.29, 0.717) is 17.5 Å². The maximum atomic E-state index is 4.98. The Morgan fingerprint density at radius 2 is 0.667 bits per heavy atom. The van der Waals surface area contributed by atoms with E-state index in [0.717, 1.165) is 27.8 Å². The minimum Gasteiger partial charge on any atom is -0.208 e. The van der Waals surface area contributed by atoms with E-state index < -0.39 is 0 Å². The predicted molar refractivity (Wildman–Crippen MR) is 188 cm³/mol. The van der Waals surface area contributed by atoms with Gasteiger partial charge in [0.25, 0.3) is 0 Å². The Bertz CT molecular complexity index is 2090. The van der Waals surface area contributed by atoms with E-state index in [4.69, 9.17) is 15.0 Å². The van der Waals surface area contributed by atoms with Crippen molar-refractivity contribution in [2.45, 2.75) is 0 Å². The average molecular weight is 594 g/mol. The van der Waals surface area contributed by atoms with E-state index in [1.54, 1.807) is 0 Å². The van der Waals surface area contributed by atoms with Crippen LogP contribution in [0.15, 0.2) is 164 Å². The molecule has 0 aliphatic heterocycles. The van der Waals surface area contributed by atoms with Gasteiger partial charge in [-0.1, -0.05) is 152 Å². The van der Waals surface area contributed by atoms with Crippen LogP contribution in [0.5, 0.6) is 0 Å². The van der Waals surface area contributed by atoms with Crippen molar-refractivity contribution >= 4 is 21.4 Å². The van der Waals surface area contributed by atoms with Crippen molar-refractivity contribution < 1.29 is 0 Å². The molecule has 0 unspecified atom stereocenters. The van der Waals surface area contributed by atoms with E-state index in [1.807, 2.05) is 23.5 Å². The minimum absolute atomic E-state index is 0.648. The number of hydrogen-bond donors (Lipinski definition) is 0. The van der Waals surface area contributed by atoms with Crippen LogP contribution in [-0.4, -0.2) is 15.0 Å². The summed E-state index contributed by atoms with van der Waals surface area (Å²) in [5, 5.41) is 1.27. The number of hydrogen-bond acceptors (Lipinski definition) is 4. The van der Waals surface area contributed by atoms with Gasteiger partial charge in [0.15, 0.2) is 17.5 Å². The molecule has 2 heterocycles. The minimum atomic E-state index is 0.648. The molecule has 0 saturated heterocycles. The third-order valence-electron chi connectivity index (χ3n) is 7.99. The van der Waals surface area contributed by atoms with Crippen LogP contribution >= 0.6 is 11.3 Å². The lowest BCUT2D eigenvalue weighted by atomic mass is 10.0. The van der Waals surface area contributed by atoms with Crippen LogP contribution in [0.4, 0.5) is 0 Å². The number of thiophene rings is 1. The number of benzene rings is 6. The second-order valence-corrected chi connectivity index (χ2v) is 12.0. The number of aromatic nitrogens is 3. The van der Waals surface area contributed by atoms with Crippen LogP contribution in [0.2, 0.25) is 0 Å². The van der Waals surface area contributed by atoms with Crippen molar-refractivity contribution in [3.05, 3.63) is 164 Å². The van der Waals surface area contributed by atoms with Crippen molar-refractivity contribution in [3.63, 3.8) is 0 Å². The maximum absolute atomic E-state index is 4.98. The second kappa shape index (κ2) is 11.8. The smallest absolute Gasteiger partial charge is 0.164 e. The van der Waals surface area contributed by atoms with Gasteiger partial charge in [0.05, 0.1) is 0 Å². The lowest BCUT2D eigenvalue weighted by Crippen LogP contribution is -2.00. The Kier molecular flexibility index (Phi) is 7.02. The summed E-state index contributed by atoms with van der Waals surface area (Å²) in [4.78, 5) is 16.2. The summed E-state index contributed by atoms with van der Waals surface area (Å²) in [6, 6.07) is 57.0. The highest BCUT2D eigenvalue weighted by atomic mass is 32.1. The van der Waals surface area contributed by atoms with Crippen molar-refractivity contribution in [2.24, 2.45) is 0 Å². The SMILES string of the molecule is c1ccc(-c2ccc(-c3nc(-c4ccc(-c5ccccc5)cc4)nc(-c4ccc(-c5cc6ccccc6s5)cc4)n3)cc2)cc1. The molecule has 8 rings (SSSR count). The summed E-state index contributed by atoms with van der Waals surface area (Å²) in [5.41, 5.74) is 8.69. The monoisotopic (exact) mass is 593 g/mol. The second-order valence-electron chi connectivity index (χ2n) is 10.9. The molecule has 0 spiro atoms. The molecular formula is C41H27N3S. The highest BCUT2D eigenvalue weighted by molar-refractivity contribution is 7.22. The normalized spacial score (nSPS) is 11.1. The first kappa shape index (κ1) is 26.9. The van der Waals surface area contributed by atoms with Gasteiger partial charge >= 0.3 is 0 Å². The van der Waals surface area contributed by atoms with Gasteiger partial charge in [0.2, 0.25) is 0 Å². The van der Waals surface area contributed by atoms with E-state index >= 15 is 0 Å². The molecule has 4 heteroatoms. The fourth-order valence-electron chi connectivity index (χ4n) is 5.56. The summed E-state index contributed by atoms with van der Waals surface area (Å²) in [5.74, 6) is 1.95. The Balaban J connectivity index is 1.18. The molecule has 0 aliphatic carbocycles. The molecule has 6 aromatic carbocycles. The van der Waals surface area contributed by atoms with Crippen LogP contribution in [-0.2, 0) is 0 Å². The third kappa shape index (κ3) is 5.55. The summed E-state index contributed by atoms with van der Waals surface area (Å²) in [7, 11) is 0. The predicted octanol–water partition coefficient (Wildman–Crippen LogP) is 11.1. The van der Waals surface area contributed by atoms with Crippen LogP contribution < -0.4 is 0 Å². The third-order valence-corrected chi connectivity index (χ3v) is 9.15. The lowest BCUT2D eigenvalue weighted by molar-refractivity contribution is 1.07. The van der Waals surface area contributed by atoms with Crippen LogP contribution in [0, 0.1) is 0 Å². The molecule has 0 atom stereocenters. The van der Waals surface area contributed by atoms with Crippen molar-refractivity contribution in [1.82, 2.24) is 15.0 Å². The van der Waals surface area contributed by atoms with E-state index in [9.17, 15) is 0 Å². The van der Waals surface area contributed by atoms with Crippen LogP contribution in [0.1, 0.15) is 0 Å². The first-order valence-electron chi connectivity index (χ1n) is 14.9.